The Morgan fingerprint density at radius 3 is 2.68 bits per heavy atom. The number of phenolic OH excluding ortho intramolecular Hbond substituents is 1. The number of benzene rings is 2. The summed E-state index contributed by atoms with van der Waals surface area (Å²) in [5.74, 6) is 0.730. The maximum absolute atomic E-state index is 10.7. The van der Waals surface area contributed by atoms with E-state index in [1.165, 1.54) is 24.4 Å². The molecule has 0 spiro atoms. The molecule has 0 aliphatic carbocycles. The fourth-order valence-corrected chi connectivity index (χ4v) is 2.56. The van der Waals surface area contributed by atoms with Crippen LogP contribution in [0.25, 0.3) is 0 Å². The van der Waals surface area contributed by atoms with Crippen LogP contribution in [0, 0.1) is 10.1 Å². The van der Waals surface area contributed by atoms with Crippen LogP contribution in [0.2, 0.25) is 5.02 Å². The van der Waals surface area contributed by atoms with Crippen LogP contribution in [0.4, 0.5) is 5.69 Å². The molecule has 7 heteroatoms. The minimum atomic E-state index is -0.507. The summed E-state index contributed by atoms with van der Waals surface area (Å²) in [5, 5.41) is 21.0. The molecule has 0 radical (unpaired) electrons. The van der Waals surface area contributed by atoms with Gasteiger partial charge in [-0.3, -0.25) is 15.1 Å². The molecule has 2 aromatic rings. The van der Waals surface area contributed by atoms with Crippen molar-refractivity contribution in [2.75, 3.05) is 12.3 Å². The van der Waals surface area contributed by atoms with Gasteiger partial charge in [-0.1, -0.05) is 11.6 Å². The minimum Gasteiger partial charge on any atom is -0.507 e. The quantitative estimate of drug-likeness (QED) is 0.282. The Hall–Kier alpha value is -2.05. The highest BCUT2D eigenvalue weighted by Gasteiger charge is 2.08. The molecule has 1 N–H and O–H groups in total. The van der Waals surface area contributed by atoms with E-state index in [1.54, 1.807) is 11.8 Å². The first kappa shape index (κ1) is 16.3. The summed E-state index contributed by atoms with van der Waals surface area (Å²) in [6.45, 7) is 0.537. The molecule has 2 rings (SSSR count). The number of non-ortho nitro benzene ring substituents is 1. The zero-order chi connectivity index (χ0) is 15.9. The average molecular weight is 337 g/mol. The monoisotopic (exact) mass is 336 g/mol. The number of hydrogen-bond donors (Lipinski definition) is 1. The molecule has 0 heterocycles. The number of thioether (sulfide) groups is 1. The molecule has 22 heavy (non-hydrogen) atoms. The van der Waals surface area contributed by atoms with Crippen molar-refractivity contribution in [2.45, 2.75) is 4.90 Å². The maximum Gasteiger partial charge on any atom is 0.270 e. The molecule has 0 saturated heterocycles. The number of aromatic hydroxyl groups is 1. The lowest BCUT2D eigenvalue weighted by Gasteiger charge is -2.00. The van der Waals surface area contributed by atoms with Crippen LogP contribution >= 0.6 is 23.4 Å². The largest absolute Gasteiger partial charge is 0.507 e. The van der Waals surface area contributed by atoms with E-state index in [9.17, 15) is 15.2 Å². The van der Waals surface area contributed by atoms with Gasteiger partial charge in [0.15, 0.2) is 0 Å². The van der Waals surface area contributed by atoms with Crippen LogP contribution in [0.3, 0.4) is 0 Å². The Bertz CT molecular complexity index is 690. The lowest BCUT2D eigenvalue weighted by molar-refractivity contribution is -0.384. The van der Waals surface area contributed by atoms with Gasteiger partial charge in [0.1, 0.15) is 5.75 Å². The Morgan fingerprint density at radius 2 is 2.00 bits per heavy atom. The van der Waals surface area contributed by atoms with Gasteiger partial charge in [0.2, 0.25) is 0 Å². The molecule has 0 aliphatic heterocycles. The number of aliphatic imine (C=N–C) groups is 1. The summed E-state index contributed by atoms with van der Waals surface area (Å²) in [7, 11) is 0. The number of nitrogens with zero attached hydrogens (tertiary/aromatic N) is 2. The third-order valence-electron chi connectivity index (χ3n) is 2.76. The van der Waals surface area contributed by atoms with Gasteiger partial charge in [0.25, 0.3) is 5.69 Å². The Labute approximate surface area is 136 Å². The zero-order valence-electron chi connectivity index (χ0n) is 11.5. The van der Waals surface area contributed by atoms with Crippen LogP contribution in [0.1, 0.15) is 5.56 Å². The zero-order valence-corrected chi connectivity index (χ0v) is 13.0. The highest BCUT2D eigenvalue weighted by molar-refractivity contribution is 7.99. The van der Waals surface area contributed by atoms with Crippen molar-refractivity contribution < 1.29 is 10.0 Å². The summed E-state index contributed by atoms with van der Waals surface area (Å²) < 4.78 is 0. The molecule has 5 nitrogen and oxygen atoms in total. The first-order valence-electron chi connectivity index (χ1n) is 6.42. The Balaban J connectivity index is 1.88. The van der Waals surface area contributed by atoms with E-state index in [1.807, 2.05) is 24.3 Å². The third kappa shape index (κ3) is 4.75. The van der Waals surface area contributed by atoms with Crippen LogP contribution in [0.15, 0.2) is 52.4 Å². The predicted molar refractivity (Wildman–Crippen MR) is 89.4 cm³/mol. The standard InChI is InChI=1S/C15H13ClN2O3S/c16-12-1-4-14(5-2-12)22-8-7-17-10-11-9-13(18(20)21)3-6-15(11)19/h1-6,9-10,19H,7-8H2. The number of halogens is 1. The average Bonchev–Trinajstić information content (AvgIpc) is 2.50. The normalized spacial score (nSPS) is 11.0. The lowest BCUT2D eigenvalue weighted by Crippen LogP contribution is -1.92. The topological polar surface area (TPSA) is 75.7 Å². The molecular weight excluding hydrogens is 324 g/mol. The molecule has 0 saturated carbocycles. The van der Waals surface area contributed by atoms with Gasteiger partial charge in [-0.25, -0.2) is 0 Å². The molecular formula is C15H13ClN2O3S. The fraction of sp³-hybridized carbons (Fsp3) is 0.133. The van der Waals surface area contributed by atoms with Gasteiger partial charge >= 0.3 is 0 Å². The summed E-state index contributed by atoms with van der Waals surface area (Å²) in [4.78, 5) is 15.5. The molecule has 0 atom stereocenters. The number of hydrogen-bond acceptors (Lipinski definition) is 5. The van der Waals surface area contributed by atoms with E-state index in [0.717, 1.165) is 10.6 Å². The fourth-order valence-electron chi connectivity index (χ4n) is 1.67. The van der Waals surface area contributed by atoms with Crippen molar-refractivity contribution in [1.29, 1.82) is 0 Å². The highest BCUT2D eigenvalue weighted by Crippen LogP contribution is 2.22. The number of phenols is 1. The predicted octanol–water partition coefficient (Wildman–Crippen LogP) is 4.17. The maximum atomic E-state index is 10.7. The van der Waals surface area contributed by atoms with Crippen molar-refractivity contribution in [2.24, 2.45) is 4.99 Å². The lowest BCUT2D eigenvalue weighted by atomic mass is 10.2. The van der Waals surface area contributed by atoms with E-state index in [0.29, 0.717) is 17.1 Å². The molecule has 0 bridgehead atoms. The van der Waals surface area contributed by atoms with Crippen molar-refractivity contribution >= 4 is 35.3 Å². The molecule has 0 aromatic heterocycles. The first-order chi connectivity index (χ1) is 10.6. The van der Waals surface area contributed by atoms with E-state index in [2.05, 4.69) is 4.99 Å². The van der Waals surface area contributed by atoms with Gasteiger partial charge in [0.05, 0.1) is 4.92 Å². The van der Waals surface area contributed by atoms with E-state index in [-0.39, 0.29) is 11.4 Å². The second-order valence-electron chi connectivity index (χ2n) is 4.34. The van der Waals surface area contributed by atoms with Gasteiger partial charge < -0.3 is 5.11 Å². The van der Waals surface area contributed by atoms with Crippen LogP contribution in [-0.4, -0.2) is 28.5 Å². The summed E-state index contributed by atoms with van der Waals surface area (Å²) >= 11 is 7.44. The molecule has 0 unspecified atom stereocenters. The van der Waals surface area contributed by atoms with E-state index >= 15 is 0 Å². The number of nitro benzene ring substituents is 1. The van der Waals surface area contributed by atoms with Crippen molar-refractivity contribution in [3.8, 4) is 5.75 Å². The second kappa shape index (κ2) is 7.82. The van der Waals surface area contributed by atoms with E-state index in [4.69, 9.17) is 11.6 Å². The third-order valence-corrected chi connectivity index (χ3v) is 4.00. The second-order valence-corrected chi connectivity index (χ2v) is 5.94. The van der Waals surface area contributed by atoms with Crippen molar-refractivity contribution in [3.63, 3.8) is 0 Å². The molecule has 114 valence electrons. The smallest absolute Gasteiger partial charge is 0.270 e. The van der Waals surface area contributed by atoms with Crippen LogP contribution in [0.5, 0.6) is 5.75 Å². The van der Waals surface area contributed by atoms with Gasteiger partial charge in [-0.2, -0.15) is 0 Å². The van der Waals surface area contributed by atoms with Crippen molar-refractivity contribution in [3.05, 3.63) is 63.2 Å². The van der Waals surface area contributed by atoms with Crippen LogP contribution in [-0.2, 0) is 0 Å². The van der Waals surface area contributed by atoms with Crippen LogP contribution < -0.4 is 0 Å². The van der Waals surface area contributed by atoms with Gasteiger partial charge in [-0.15, -0.1) is 11.8 Å². The van der Waals surface area contributed by atoms with E-state index < -0.39 is 4.92 Å². The summed E-state index contributed by atoms with van der Waals surface area (Å²) in [5.41, 5.74) is 0.264. The Morgan fingerprint density at radius 1 is 1.27 bits per heavy atom. The molecule has 2 aromatic carbocycles. The van der Waals surface area contributed by atoms with Gasteiger partial charge in [0, 0.05) is 46.1 Å². The van der Waals surface area contributed by atoms with Gasteiger partial charge in [-0.05, 0) is 30.3 Å². The molecule has 0 fully saturated rings. The highest BCUT2D eigenvalue weighted by atomic mass is 35.5. The molecule has 0 aliphatic rings. The number of rotatable bonds is 6. The Kier molecular flexibility index (Phi) is 5.80. The molecule has 0 amide bonds. The summed E-state index contributed by atoms with van der Waals surface area (Å²) in [6, 6.07) is 11.4. The summed E-state index contributed by atoms with van der Waals surface area (Å²) in [6.07, 6.45) is 1.45. The van der Waals surface area contributed by atoms with Crippen molar-refractivity contribution in [1.82, 2.24) is 0 Å². The number of nitro groups is 1. The SMILES string of the molecule is O=[N+]([O-])c1ccc(O)c(C=NCCSc2ccc(Cl)cc2)c1. The minimum absolute atomic E-state index is 0.0281. The first-order valence-corrected chi connectivity index (χ1v) is 7.78.